The van der Waals surface area contributed by atoms with Crippen LogP contribution in [0.25, 0.3) is 0 Å². The number of nitro groups is 2. The summed E-state index contributed by atoms with van der Waals surface area (Å²) in [6, 6.07) is 0.978. The van der Waals surface area contributed by atoms with E-state index in [2.05, 4.69) is 5.32 Å². The first-order valence-electron chi connectivity index (χ1n) is 4.21. The van der Waals surface area contributed by atoms with Crippen LogP contribution in [0.4, 0.5) is 15.7 Å². The Labute approximate surface area is 99.1 Å². The minimum atomic E-state index is -0.628. The third-order valence-electron chi connectivity index (χ3n) is 1.67. The standard InChI is InChI=1S/C7H9N3O4S2/c1-15-3-2-8-7-5(9(11)12)4-6(16-7)10(13)14/h4,8H,2-3H2,1H3. The van der Waals surface area contributed by atoms with Crippen LogP contribution < -0.4 is 5.32 Å². The number of nitrogens with zero attached hydrogens (tertiary/aromatic N) is 2. The number of thiophene rings is 1. The minimum Gasteiger partial charge on any atom is -0.370 e. The van der Waals surface area contributed by atoms with Gasteiger partial charge >= 0.3 is 10.7 Å². The Morgan fingerprint density at radius 3 is 2.62 bits per heavy atom. The molecule has 0 fully saturated rings. The van der Waals surface area contributed by atoms with Crippen molar-refractivity contribution in [2.45, 2.75) is 0 Å². The molecule has 0 aliphatic heterocycles. The molecule has 0 aromatic carbocycles. The van der Waals surface area contributed by atoms with Crippen molar-refractivity contribution in [3.8, 4) is 0 Å². The predicted molar refractivity (Wildman–Crippen MR) is 64.5 cm³/mol. The van der Waals surface area contributed by atoms with E-state index in [1.54, 1.807) is 11.8 Å². The van der Waals surface area contributed by atoms with E-state index in [-0.39, 0.29) is 15.7 Å². The lowest BCUT2D eigenvalue weighted by Crippen LogP contribution is -2.03. The second kappa shape index (κ2) is 5.66. The number of nitrogens with one attached hydrogen (secondary N) is 1. The Morgan fingerprint density at radius 2 is 2.12 bits per heavy atom. The Balaban J connectivity index is 2.87. The van der Waals surface area contributed by atoms with Crippen molar-refractivity contribution in [3.63, 3.8) is 0 Å². The molecule has 0 bridgehead atoms. The second-order valence-electron chi connectivity index (χ2n) is 2.73. The molecule has 7 nitrogen and oxygen atoms in total. The Bertz CT molecular complexity index is 406. The number of thioether (sulfide) groups is 1. The summed E-state index contributed by atoms with van der Waals surface area (Å²) in [5.41, 5.74) is -0.238. The van der Waals surface area contributed by atoms with Crippen LogP contribution in [0.5, 0.6) is 0 Å². The van der Waals surface area contributed by atoms with Crippen LogP contribution in [0.2, 0.25) is 0 Å². The quantitative estimate of drug-likeness (QED) is 0.480. The number of hydrogen-bond acceptors (Lipinski definition) is 7. The molecule has 0 amide bonds. The van der Waals surface area contributed by atoms with Gasteiger partial charge in [0.05, 0.1) is 9.85 Å². The van der Waals surface area contributed by atoms with Gasteiger partial charge < -0.3 is 5.32 Å². The summed E-state index contributed by atoms with van der Waals surface area (Å²) in [5, 5.41) is 24.0. The first kappa shape index (κ1) is 12.7. The van der Waals surface area contributed by atoms with Crippen LogP contribution in [-0.4, -0.2) is 28.4 Å². The van der Waals surface area contributed by atoms with Gasteiger partial charge in [0.15, 0.2) is 5.00 Å². The van der Waals surface area contributed by atoms with Gasteiger partial charge in [-0.3, -0.25) is 20.2 Å². The van der Waals surface area contributed by atoms with E-state index in [0.717, 1.165) is 23.2 Å². The van der Waals surface area contributed by atoms with Crippen LogP contribution in [0, 0.1) is 20.2 Å². The fourth-order valence-electron chi connectivity index (χ4n) is 0.988. The van der Waals surface area contributed by atoms with Crippen LogP contribution in [-0.2, 0) is 0 Å². The summed E-state index contributed by atoms with van der Waals surface area (Å²) >= 11 is 2.37. The van der Waals surface area contributed by atoms with Crippen molar-refractivity contribution in [2.24, 2.45) is 0 Å². The van der Waals surface area contributed by atoms with Crippen LogP contribution in [0.15, 0.2) is 6.07 Å². The lowest BCUT2D eigenvalue weighted by Gasteiger charge is -2.00. The first-order chi connectivity index (χ1) is 7.56. The molecule has 0 radical (unpaired) electrons. The molecule has 9 heteroatoms. The largest absolute Gasteiger partial charge is 0.370 e. The van der Waals surface area contributed by atoms with Gasteiger partial charge in [-0.2, -0.15) is 11.8 Å². The SMILES string of the molecule is CSCCNc1sc([N+](=O)[O-])cc1[N+](=O)[O-]. The van der Waals surface area contributed by atoms with Gasteiger partial charge in [-0.15, -0.1) is 0 Å². The molecule has 1 heterocycles. The van der Waals surface area contributed by atoms with Crippen molar-refractivity contribution in [3.05, 3.63) is 26.3 Å². The summed E-state index contributed by atoms with van der Waals surface area (Å²) < 4.78 is 0. The van der Waals surface area contributed by atoms with Gasteiger partial charge in [0, 0.05) is 12.3 Å². The van der Waals surface area contributed by atoms with Gasteiger partial charge in [-0.05, 0) is 17.6 Å². The third kappa shape index (κ3) is 3.07. The summed E-state index contributed by atoms with van der Waals surface area (Å²) in [4.78, 5) is 19.9. The van der Waals surface area contributed by atoms with E-state index in [4.69, 9.17) is 0 Å². The average molecular weight is 263 g/mol. The van der Waals surface area contributed by atoms with Gasteiger partial charge in [0.1, 0.15) is 6.07 Å². The van der Waals surface area contributed by atoms with E-state index in [1.807, 2.05) is 6.26 Å². The van der Waals surface area contributed by atoms with E-state index in [0.29, 0.717) is 6.54 Å². The number of anilines is 1. The minimum absolute atomic E-state index is 0.224. The van der Waals surface area contributed by atoms with Crippen molar-refractivity contribution in [1.29, 1.82) is 0 Å². The smallest absolute Gasteiger partial charge is 0.333 e. The monoisotopic (exact) mass is 263 g/mol. The van der Waals surface area contributed by atoms with Gasteiger partial charge in [-0.25, -0.2) is 0 Å². The number of hydrogen-bond donors (Lipinski definition) is 1. The van der Waals surface area contributed by atoms with Crippen molar-refractivity contribution >= 4 is 38.8 Å². The topological polar surface area (TPSA) is 98.3 Å². The highest BCUT2D eigenvalue weighted by Crippen LogP contribution is 2.38. The molecule has 1 rings (SSSR count). The molecule has 88 valence electrons. The maximum atomic E-state index is 10.6. The predicted octanol–water partition coefficient (Wildman–Crippen LogP) is 2.34. The molecular formula is C7H9N3O4S2. The molecule has 0 atom stereocenters. The zero-order valence-corrected chi connectivity index (χ0v) is 9.97. The Hall–Kier alpha value is -1.35. The molecular weight excluding hydrogens is 254 g/mol. The highest BCUT2D eigenvalue weighted by atomic mass is 32.2. The van der Waals surface area contributed by atoms with E-state index >= 15 is 0 Å². The Kier molecular flexibility index (Phi) is 4.50. The fraction of sp³-hybridized carbons (Fsp3) is 0.429. The van der Waals surface area contributed by atoms with Crippen molar-refractivity contribution in [2.75, 3.05) is 23.9 Å². The molecule has 1 aromatic heterocycles. The zero-order valence-electron chi connectivity index (χ0n) is 8.34. The van der Waals surface area contributed by atoms with Gasteiger partial charge in [0.2, 0.25) is 0 Å². The Morgan fingerprint density at radius 1 is 1.44 bits per heavy atom. The molecule has 0 saturated heterocycles. The average Bonchev–Trinajstić information content (AvgIpc) is 2.62. The molecule has 0 saturated carbocycles. The van der Waals surface area contributed by atoms with Gasteiger partial charge in [0.25, 0.3) is 0 Å². The summed E-state index contributed by atoms with van der Waals surface area (Å²) in [6.45, 7) is 0.541. The maximum Gasteiger partial charge on any atom is 0.333 e. The van der Waals surface area contributed by atoms with E-state index < -0.39 is 9.85 Å². The highest BCUT2D eigenvalue weighted by Gasteiger charge is 2.24. The molecule has 0 aliphatic rings. The van der Waals surface area contributed by atoms with Crippen LogP contribution in [0.3, 0.4) is 0 Å². The van der Waals surface area contributed by atoms with Crippen molar-refractivity contribution < 1.29 is 9.85 Å². The second-order valence-corrected chi connectivity index (χ2v) is 4.75. The van der Waals surface area contributed by atoms with E-state index in [9.17, 15) is 20.2 Å². The molecule has 1 aromatic rings. The van der Waals surface area contributed by atoms with Crippen LogP contribution >= 0.6 is 23.1 Å². The fourth-order valence-corrected chi connectivity index (χ4v) is 2.16. The normalized spacial score (nSPS) is 10.1. The first-order valence-corrected chi connectivity index (χ1v) is 6.42. The lowest BCUT2D eigenvalue weighted by atomic mass is 10.5. The molecule has 0 unspecified atom stereocenters. The highest BCUT2D eigenvalue weighted by molar-refractivity contribution is 7.98. The van der Waals surface area contributed by atoms with E-state index in [1.165, 1.54) is 0 Å². The zero-order chi connectivity index (χ0) is 12.1. The molecule has 0 spiro atoms. The van der Waals surface area contributed by atoms with Gasteiger partial charge in [-0.1, -0.05) is 0 Å². The van der Waals surface area contributed by atoms with Crippen molar-refractivity contribution in [1.82, 2.24) is 0 Å². The summed E-state index contributed by atoms with van der Waals surface area (Å²) in [7, 11) is 0. The summed E-state index contributed by atoms with van der Waals surface area (Å²) in [5.74, 6) is 0.781. The lowest BCUT2D eigenvalue weighted by molar-refractivity contribution is -0.389. The number of rotatable bonds is 6. The molecule has 16 heavy (non-hydrogen) atoms. The molecule has 1 N–H and O–H groups in total. The summed E-state index contributed by atoms with van der Waals surface area (Å²) in [6.07, 6.45) is 1.91. The van der Waals surface area contributed by atoms with Crippen LogP contribution in [0.1, 0.15) is 0 Å². The third-order valence-corrected chi connectivity index (χ3v) is 3.31. The molecule has 0 aliphatic carbocycles. The maximum absolute atomic E-state index is 10.6.